The zero-order chi connectivity index (χ0) is 24.1. The van der Waals surface area contributed by atoms with Gasteiger partial charge in [-0.2, -0.15) is 0 Å². The average molecular weight is 513 g/mol. The first-order chi connectivity index (χ1) is 16.4. The number of amides is 2. The molecule has 2 amide bonds. The second-order valence-corrected chi connectivity index (χ2v) is 9.03. The van der Waals surface area contributed by atoms with Gasteiger partial charge >= 0.3 is 0 Å². The molecule has 0 aliphatic carbocycles. The Kier molecular flexibility index (Phi) is 7.67. The van der Waals surface area contributed by atoms with Crippen LogP contribution in [0.25, 0.3) is 0 Å². The maximum absolute atomic E-state index is 12.7. The lowest BCUT2D eigenvalue weighted by molar-refractivity contribution is 0.0746. The van der Waals surface area contributed by atoms with Crippen molar-refractivity contribution in [3.05, 3.63) is 94.0 Å². The highest BCUT2D eigenvalue weighted by molar-refractivity contribution is 7.80. The van der Waals surface area contributed by atoms with Crippen LogP contribution in [0.4, 0.5) is 11.4 Å². The zero-order valence-corrected chi connectivity index (χ0v) is 20.5. The number of carbonyl (C=O) groups excluding carboxylic acids is 2. The van der Waals surface area contributed by atoms with Gasteiger partial charge in [-0.25, -0.2) is 0 Å². The molecule has 0 bridgehead atoms. The highest BCUT2D eigenvalue weighted by Crippen LogP contribution is 2.21. The van der Waals surface area contributed by atoms with Crippen molar-refractivity contribution in [3.8, 4) is 0 Å². The van der Waals surface area contributed by atoms with Crippen molar-refractivity contribution >= 4 is 63.7 Å². The van der Waals surface area contributed by atoms with E-state index in [2.05, 4.69) is 15.5 Å². The van der Waals surface area contributed by atoms with Gasteiger partial charge in [0.1, 0.15) is 0 Å². The third-order valence-electron chi connectivity index (χ3n) is 5.48. The van der Waals surface area contributed by atoms with Crippen LogP contribution in [0.1, 0.15) is 20.7 Å². The molecular weight excluding hydrogens is 491 g/mol. The fraction of sp³-hybridized carbons (Fsp3) is 0.160. The topological polar surface area (TPSA) is 64.7 Å². The number of thiocarbonyl (C=S) groups is 1. The molecule has 3 aromatic carbocycles. The van der Waals surface area contributed by atoms with E-state index in [1.54, 1.807) is 48.5 Å². The van der Waals surface area contributed by atoms with Crippen LogP contribution in [-0.4, -0.2) is 48.0 Å². The van der Waals surface area contributed by atoms with Crippen molar-refractivity contribution in [1.29, 1.82) is 0 Å². The molecule has 0 aromatic heterocycles. The first-order valence-corrected chi connectivity index (χ1v) is 11.8. The summed E-state index contributed by atoms with van der Waals surface area (Å²) in [4.78, 5) is 29.1. The van der Waals surface area contributed by atoms with E-state index < -0.39 is 0 Å². The Bertz CT molecular complexity index is 1180. The number of hydrogen-bond donors (Lipinski definition) is 2. The molecule has 6 nitrogen and oxygen atoms in total. The highest BCUT2D eigenvalue weighted by atomic mass is 35.5. The third-order valence-corrected chi connectivity index (χ3v) is 6.19. The number of hydrogen-bond acceptors (Lipinski definition) is 4. The minimum absolute atomic E-state index is 0.0185. The molecule has 4 rings (SSSR count). The summed E-state index contributed by atoms with van der Waals surface area (Å²) in [6.45, 7) is 2.76. The quantitative estimate of drug-likeness (QED) is 0.477. The van der Waals surface area contributed by atoms with Crippen molar-refractivity contribution in [2.45, 2.75) is 0 Å². The number of nitrogens with zero attached hydrogens (tertiary/aromatic N) is 2. The van der Waals surface area contributed by atoms with Gasteiger partial charge in [0.25, 0.3) is 11.8 Å². The van der Waals surface area contributed by atoms with Crippen LogP contribution in [0.2, 0.25) is 10.0 Å². The number of piperazine rings is 1. The van der Waals surface area contributed by atoms with E-state index in [0.717, 1.165) is 24.5 Å². The number of carbonyl (C=O) groups is 2. The summed E-state index contributed by atoms with van der Waals surface area (Å²) in [7, 11) is 0. The van der Waals surface area contributed by atoms with E-state index in [1.165, 1.54) is 0 Å². The Morgan fingerprint density at radius 3 is 1.82 bits per heavy atom. The third kappa shape index (κ3) is 6.05. The van der Waals surface area contributed by atoms with Crippen molar-refractivity contribution in [3.63, 3.8) is 0 Å². The predicted molar refractivity (Wildman–Crippen MR) is 141 cm³/mol. The van der Waals surface area contributed by atoms with Crippen LogP contribution in [0.15, 0.2) is 72.8 Å². The van der Waals surface area contributed by atoms with Gasteiger partial charge in [-0.05, 0) is 85.0 Å². The molecular formula is C25H22Cl2N4O2S. The summed E-state index contributed by atoms with van der Waals surface area (Å²) in [6.07, 6.45) is 0. The van der Waals surface area contributed by atoms with Crippen LogP contribution < -0.4 is 15.5 Å². The molecule has 0 spiro atoms. The van der Waals surface area contributed by atoms with Crippen LogP contribution in [0.3, 0.4) is 0 Å². The van der Waals surface area contributed by atoms with E-state index in [-0.39, 0.29) is 16.9 Å². The van der Waals surface area contributed by atoms with E-state index >= 15 is 0 Å². The molecule has 0 saturated carbocycles. The number of rotatable bonds is 4. The standard InChI is InChI=1S/C25H22Cl2N4O2S/c26-19-5-1-17(2-6-19)23(32)29-25(34)28-21-9-11-22(12-10-21)30-13-15-31(16-14-30)24(33)18-3-7-20(27)8-4-18/h1-12H,13-16H2,(H2,28,29,32,34). The minimum atomic E-state index is -0.309. The second kappa shape index (κ2) is 10.9. The fourth-order valence-electron chi connectivity index (χ4n) is 3.64. The summed E-state index contributed by atoms with van der Waals surface area (Å²) in [6, 6.07) is 21.3. The second-order valence-electron chi connectivity index (χ2n) is 7.75. The number of nitrogens with one attached hydrogen (secondary N) is 2. The van der Waals surface area contributed by atoms with Gasteiger partial charge in [0.05, 0.1) is 0 Å². The Balaban J connectivity index is 1.28. The molecule has 3 aromatic rings. The molecule has 1 aliphatic rings. The molecule has 2 N–H and O–H groups in total. The maximum atomic E-state index is 12.7. The molecule has 1 saturated heterocycles. The number of benzene rings is 3. The molecule has 1 aliphatic heterocycles. The van der Waals surface area contributed by atoms with E-state index in [9.17, 15) is 9.59 Å². The average Bonchev–Trinajstić information content (AvgIpc) is 2.85. The van der Waals surface area contributed by atoms with Crippen molar-refractivity contribution < 1.29 is 9.59 Å². The summed E-state index contributed by atoms with van der Waals surface area (Å²) in [5, 5.41) is 7.07. The van der Waals surface area contributed by atoms with Crippen LogP contribution in [-0.2, 0) is 0 Å². The van der Waals surface area contributed by atoms with Gasteiger partial charge < -0.3 is 15.1 Å². The predicted octanol–water partition coefficient (Wildman–Crippen LogP) is 5.08. The lowest BCUT2D eigenvalue weighted by Crippen LogP contribution is -2.48. The molecule has 0 radical (unpaired) electrons. The Hall–Kier alpha value is -3.13. The molecule has 9 heteroatoms. The maximum Gasteiger partial charge on any atom is 0.257 e. The molecule has 174 valence electrons. The SMILES string of the molecule is O=C(NC(=S)Nc1ccc(N2CCN(C(=O)c3ccc(Cl)cc3)CC2)cc1)c1ccc(Cl)cc1. The molecule has 0 unspecified atom stereocenters. The van der Waals surface area contributed by atoms with Crippen molar-refractivity contribution in [2.24, 2.45) is 0 Å². The smallest absolute Gasteiger partial charge is 0.257 e. The molecule has 1 heterocycles. The van der Waals surface area contributed by atoms with Crippen LogP contribution in [0.5, 0.6) is 0 Å². The fourth-order valence-corrected chi connectivity index (χ4v) is 4.10. The largest absolute Gasteiger partial charge is 0.368 e. The van der Waals surface area contributed by atoms with Gasteiger partial charge in [0, 0.05) is 58.7 Å². The van der Waals surface area contributed by atoms with Gasteiger partial charge in [0.15, 0.2) is 5.11 Å². The monoisotopic (exact) mass is 512 g/mol. The lowest BCUT2D eigenvalue weighted by atomic mass is 10.1. The zero-order valence-electron chi connectivity index (χ0n) is 18.1. The first-order valence-electron chi connectivity index (χ1n) is 10.7. The lowest BCUT2D eigenvalue weighted by Gasteiger charge is -2.36. The van der Waals surface area contributed by atoms with Crippen LogP contribution in [0, 0.1) is 0 Å². The molecule has 0 atom stereocenters. The Morgan fingerprint density at radius 1 is 0.735 bits per heavy atom. The summed E-state index contributed by atoms with van der Waals surface area (Å²) >= 11 is 17.0. The highest BCUT2D eigenvalue weighted by Gasteiger charge is 2.22. The minimum Gasteiger partial charge on any atom is -0.368 e. The summed E-state index contributed by atoms with van der Waals surface area (Å²) in [5.74, 6) is -0.290. The van der Waals surface area contributed by atoms with E-state index in [0.29, 0.717) is 34.3 Å². The normalized spacial score (nSPS) is 13.4. The van der Waals surface area contributed by atoms with E-state index in [1.807, 2.05) is 29.2 Å². The van der Waals surface area contributed by atoms with Gasteiger partial charge in [-0.1, -0.05) is 23.2 Å². The van der Waals surface area contributed by atoms with Gasteiger partial charge in [-0.15, -0.1) is 0 Å². The van der Waals surface area contributed by atoms with Gasteiger partial charge in [-0.3, -0.25) is 14.9 Å². The molecule has 1 fully saturated rings. The van der Waals surface area contributed by atoms with Crippen molar-refractivity contribution in [1.82, 2.24) is 10.2 Å². The number of halogens is 2. The Morgan fingerprint density at radius 2 is 1.26 bits per heavy atom. The van der Waals surface area contributed by atoms with Crippen LogP contribution >= 0.6 is 35.4 Å². The summed E-state index contributed by atoms with van der Waals surface area (Å²) < 4.78 is 0. The Labute approximate surface area is 213 Å². The van der Waals surface area contributed by atoms with Gasteiger partial charge in [0.2, 0.25) is 0 Å². The van der Waals surface area contributed by atoms with E-state index in [4.69, 9.17) is 35.4 Å². The van der Waals surface area contributed by atoms with Crippen molar-refractivity contribution in [2.75, 3.05) is 36.4 Å². The molecule has 34 heavy (non-hydrogen) atoms. The number of anilines is 2. The summed E-state index contributed by atoms with van der Waals surface area (Å²) in [5.41, 5.74) is 2.94. The first kappa shape index (κ1) is 24.0.